The zero-order valence-electron chi connectivity index (χ0n) is 29.3. The van der Waals surface area contributed by atoms with E-state index in [1.807, 2.05) is 0 Å². The van der Waals surface area contributed by atoms with Crippen LogP contribution in [-0.2, 0) is 66.8 Å². The largest absolute Gasteiger partial charge is 0.458 e. The Kier molecular flexibility index (Phi) is 12.3. The third kappa shape index (κ3) is 8.56. The van der Waals surface area contributed by atoms with E-state index in [0.29, 0.717) is 0 Å². The van der Waals surface area contributed by atoms with Crippen molar-refractivity contribution >= 4 is 47.4 Å². The molecular weight excluding hydrogens is 632 g/mol. The van der Waals surface area contributed by atoms with Crippen LogP contribution in [0.2, 0.25) is 0 Å². The second-order valence-electron chi connectivity index (χ2n) is 13.4. The summed E-state index contributed by atoms with van der Waals surface area (Å²) < 4.78 is 34.2. The molecule has 1 fully saturated rings. The number of carbonyl (C=O) groups excluding carboxylic acids is 8. The summed E-state index contributed by atoms with van der Waals surface area (Å²) in [6.45, 7) is 18.0. The first-order chi connectivity index (χ1) is 21.9. The van der Waals surface area contributed by atoms with E-state index in [-0.39, 0.29) is 5.57 Å². The van der Waals surface area contributed by atoms with Gasteiger partial charge in [0.25, 0.3) is 0 Å². The van der Waals surface area contributed by atoms with E-state index in [9.17, 15) is 38.4 Å². The first-order valence-corrected chi connectivity index (χ1v) is 15.5. The standard InChI is InChI=1S/C34H46O14/c1-16(2)31(42)46-27-26(44-20(6)36)18(4)25(43-19(5)35)24-30(45-21(7)37)33(12,47-22(8)38)15-34(24,48-23(9)39)28(40)17(3)13-14-32(10,11)29(27)41/h13-14,16-17,24-27,30H,4,15H2,1-3,5-12H3. The molecule has 48 heavy (non-hydrogen) atoms. The number of hydrogen-bond acceptors (Lipinski definition) is 14. The van der Waals surface area contributed by atoms with Crippen LogP contribution < -0.4 is 0 Å². The fraction of sp³-hybridized carbons (Fsp3) is 0.647. The Balaban J connectivity index is 3.22. The van der Waals surface area contributed by atoms with Crippen LogP contribution in [0.3, 0.4) is 0 Å². The summed E-state index contributed by atoms with van der Waals surface area (Å²) in [5.74, 6) is -10.6. The zero-order valence-corrected chi connectivity index (χ0v) is 29.3. The number of Topliss-reactive ketones (excluding diaryl/α,β-unsaturated/α-hetero) is 2. The molecule has 8 unspecified atom stereocenters. The lowest BCUT2D eigenvalue weighted by atomic mass is 9.72. The molecular formula is C34H46O14. The van der Waals surface area contributed by atoms with Gasteiger partial charge in [-0.1, -0.05) is 39.5 Å². The molecule has 0 heterocycles. The minimum Gasteiger partial charge on any atom is -0.458 e. The van der Waals surface area contributed by atoms with Gasteiger partial charge in [0, 0.05) is 57.9 Å². The van der Waals surface area contributed by atoms with Crippen molar-refractivity contribution in [3.05, 3.63) is 24.3 Å². The molecule has 0 aromatic rings. The Hall–Kier alpha value is -4.36. The van der Waals surface area contributed by atoms with Gasteiger partial charge in [-0.15, -0.1) is 0 Å². The second kappa shape index (κ2) is 14.8. The minimum absolute atomic E-state index is 0.387. The number of allylic oxidation sites excluding steroid dienone is 2. The van der Waals surface area contributed by atoms with E-state index in [1.54, 1.807) is 0 Å². The van der Waals surface area contributed by atoms with Gasteiger partial charge in [-0.3, -0.25) is 38.4 Å². The highest BCUT2D eigenvalue weighted by molar-refractivity contribution is 5.96. The third-order valence-electron chi connectivity index (χ3n) is 8.23. The van der Waals surface area contributed by atoms with E-state index < -0.39 is 113 Å². The molecule has 0 N–H and O–H groups in total. The molecule has 0 spiro atoms. The molecule has 0 aliphatic heterocycles. The SMILES string of the molecule is C=C1C(OC(C)=O)C(OC(=O)C(C)C)C(=O)C(C)(C)C=CC(C)C(=O)C2(OC(C)=O)CC(C)(OC(C)=O)C(OC(C)=O)C2C1OC(C)=O. The number of fused-ring (bicyclic) bond motifs is 1. The Morgan fingerprint density at radius 2 is 1.23 bits per heavy atom. The Morgan fingerprint density at radius 3 is 1.69 bits per heavy atom. The topological polar surface area (TPSA) is 192 Å². The molecule has 2 aliphatic rings. The number of ether oxygens (including phenoxy) is 6. The van der Waals surface area contributed by atoms with Gasteiger partial charge in [-0.2, -0.15) is 0 Å². The van der Waals surface area contributed by atoms with E-state index in [2.05, 4.69) is 6.58 Å². The Labute approximate surface area is 279 Å². The lowest BCUT2D eigenvalue weighted by Crippen LogP contribution is -2.58. The molecule has 266 valence electrons. The summed E-state index contributed by atoms with van der Waals surface area (Å²) in [4.78, 5) is 105. The van der Waals surface area contributed by atoms with Gasteiger partial charge in [-0.05, 0) is 20.8 Å². The summed E-state index contributed by atoms with van der Waals surface area (Å²) in [7, 11) is 0. The average Bonchev–Trinajstić information content (AvgIpc) is 3.15. The smallest absolute Gasteiger partial charge is 0.309 e. The van der Waals surface area contributed by atoms with Crippen LogP contribution in [0, 0.1) is 23.2 Å². The quantitative estimate of drug-likeness (QED) is 0.217. The van der Waals surface area contributed by atoms with Crippen LogP contribution in [-0.4, -0.2) is 83.0 Å². The molecule has 1 saturated carbocycles. The van der Waals surface area contributed by atoms with Gasteiger partial charge in [0.05, 0.1) is 11.8 Å². The molecule has 0 radical (unpaired) electrons. The number of carbonyl (C=O) groups is 8. The summed E-state index contributed by atoms with van der Waals surface area (Å²) >= 11 is 0. The first-order valence-electron chi connectivity index (χ1n) is 15.5. The maximum absolute atomic E-state index is 14.7. The summed E-state index contributed by atoms with van der Waals surface area (Å²) in [5.41, 5.74) is -6.09. The van der Waals surface area contributed by atoms with Crippen LogP contribution in [0.4, 0.5) is 0 Å². The summed E-state index contributed by atoms with van der Waals surface area (Å²) in [6.07, 6.45) is -5.03. The van der Waals surface area contributed by atoms with E-state index in [0.717, 1.165) is 34.6 Å². The molecule has 2 aliphatic carbocycles. The highest BCUT2D eigenvalue weighted by atomic mass is 16.6. The fourth-order valence-corrected chi connectivity index (χ4v) is 6.28. The molecule has 0 aromatic carbocycles. The lowest BCUT2D eigenvalue weighted by molar-refractivity contribution is -0.191. The highest BCUT2D eigenvalue weighted by Crippen LogP contribution is 2.54. The summed E-state index contributed by atoms with van der Waals surface area (Å²) in [5, 5.41) is 0. The monoisotopic (exact) mass is 678 g/mol. The molecule has 0 amide bonds. The fourth-order valence-electron chi connectivity index (χ4n) is 6.28. The summed E-state index contributed by atoms with van der Waals surface area (Å²) in [6, 6.07) is 0. The predicted molar refractivity (Wildman–Crippen MR) is 165 cm³/mol. The van der Waals surface area contributed by atoms with Crippen LogP contribution in [0.5, 0.6) is 0 Å². The number of rotatable bonds is 7. The first kappa shape index (κ1) is 39.8. The Morgan fingerprint density at radius 1 is 0.729 bits per heavy atom. The second-order valence-corrected chi connectivity index (χ2v) is 13.4. The normalized spacial score (nSPS) is 31.8. The lowest BCUT2D eigenvalue weighted by Gasteiger charge is -2.42. The molecule has 0 aromatic heterocycles. The third-order valence-corrected chi connectivity index (χ3v) is 8.23. The molecule has 2 rings (SSSR count). The average molecular weight is 679 g/mol. The number of hydrogen-bond donors (Lipinski definition) is 0. The van der Waals surface area contributed by atoms with Crippen molar-refractivity contribution < 1.29 is 66.8 Å². The van der Waals surface area contributed by atoms with E-state index in [1.165, 1.54) is 53.7 Å². The zero-order chi connectivity index (χ0) is 37.1. The van der Waals surface area contributed by atoms with Crippen molar-refractivity contribution in [2.75, 3.05) is 0 Å². The van der Waals surface area contributed by atoms with E-state index in [4.69, 9.17) is 28.4 Å². The van der Waals surface area contributed by atoms with Gasteiger partial charge in [-0.25, -0.2) is 0 Å². The Bertz CT molecular complexity index is 1410. The van der Waals surface area contributed by atoms with Gasteiger partial charge >= 0.3 is 35.8 Å². The maximum Gasteiger partial charge on any atom is 0.309 e. The number of ketones is 2. The van der Waals surface area contributed by atoms with Crippen molar-refractivity contribution in [2.45, 2.75) is 118 Å². The van der Waals surface area contributed by atoms with Gasteiger partial charge < -0.3 is 28.4 Å². The molecule has 0 saturated heterocycles. The molecule has 14 nitrogen and oxygen atoms in total. The van der Waals surface area contributed by atoms with E-state index >= 15 is 0 Å². The van der Waals surface area contributed by atoms with Crippen molar-refractivity contribution in [3.63, 3.8) is 0 Å². The minimum atomic E-state index is -2.35. The van der Waals surface area contributed by atoms with Gasteiger partial charge in [0.15, 0.2) is 35.0 Å². The van der Waals surface area contributed by atoms with Crippen molar-refractivity contribution in [2.24, 2.45) is 23.2 Å². The molecule has 14 heteroatoms. The van der Waals surface area contributed by atoms with Gasteiger partial charge in [0.2, 0.25) is 6.10 Å². The molecule has 8 atom stereocenters. The van der Waals surface area contributed by atoms with Crippen LogP contribution >= 0.6 is 0 Å². The van der Waals surface area contributed by atoms with Crippen LogP contribution in [0.15, 0.2) is 24.3 Å². The van der Waals surface area contributed by atoms with Crippen LogP contribution in [0.25, 0.3) is 0 Å². The van der Waals surface area contributed by atoms with Crippen molar-refractivity contribution in [1.82, 2.24) is 0 Å². The van der Waals surface area contributed by atoms with Crippen LogP contribution in [0.1, 0.15) is 82.6 Å². The van der Waals surface area contributed by atoms with Crippen molar-refractivity contribution in [3.8, 4) is 0 Å². The highest BCUT2D eigenvalue weighted by Gasteiger charge is 2.72. The maximum atomic E-state index is 14.7. The predicted octanol–water partition coefficient (Wildman–Crippen LogP) is 2.92. The number of esters is 6. The molecule has 0 bridgehead atoms. The van der Waals surface area contributed by atoms with Crippen molar-refractivity contribution in [1.29, 1.82) is 0 Å². The van der Waals surface area contributed by atoms with Gasteiger partial charge in [0.1, 0.15) is 6.10 Å².